The van der Waals surface area contributed by atoms with Gasteiger partial charge in [0.2, 0.25) is 11.8 Å². The minimum atomic E-state index is -0.547. The molecule has 0 aromatic carbocycles. The van der Waals surface area contributed by atoms with Crippen LogP contribution < -0.4 is 4.90 Å². The van der Waals surface area contributed by atoms with Gasteiger partial charge in [-0.25, -0.2) is 4.98 Å². The molecule has 3 aromatic rings. The molecule has 180 valence electrons. The first-order chi connectivity index (χ1) is 17.0. The van der Waals surface area contributed by atoms with Crippen molar-refractivity contribution in [3.8, 4) is 11.8 Å². The number of hydrogen-bond donors (Lipinski definition) is 2. The highest BCUT2D eigenvalue weighted by molar-refractivity contribution is 6.10. The van der Waals surface area contributed by atoms with E-state index in [2.05, 4.69) is 26.2 Å². The maximum atomic E-state index is 13.3. The van der Waals surface area contributed by atoms with Gasteiger partial charge in [-0.05, 0) is 43.9 Å². The molecule has 1 aliphatic carbocycles. The van der Waals surface area contributed by atoms with Crippen LogP contribution in [0.25, 0.3) is 11.0 Å². The Kier molecular flexibility index (Phi) is 6.07. The number of carbonyl (C=O) groups is 2. The Morgan fingerprint density at radius 1 is 1.23 bits per heavy atom. The minimum absolute atomic E-state index is 0.0114. The van der Waals surface area contributed by atoms with Gasteiger partial charge in [0.1, 0.15) is 18.3 Å². The molecule has 0 radical (unpaired) electrons. The Morgan fingerprint density at radius 2 is 2.06 bits per heavy atom. The molecule has 1 saturated heterocycles. The normalized spacial score (nSPS) is 20.4. The molecule has 5 heterocycles. The number of amides is 2. The van der Waals surface area contributed by atoms with E-state index in [1.54, 1.807) is 28.3 Å². The minimum Gasteiger partial charge on any atom is -0.506 e. The Bertz CT molecular complexity index is 1290. The van der Waals surface area contributed by atoms with E-state index in [0.717, 1.165) is 61.7 Å². The van der Waals surface area contributed by atoms with Crippen LogP contribution in [0.3, 0.4) is 0 Å². The van der Waals surface area contributed by atoms with E-state index < -0.39 is 5.41 Å². The van der Waals surface area contributed by atoms with E-state index in [-0.39, 0.29) is 30.2 Å². The van der Waals surface area contributed by atoms with E-state index in [4.69, 9.17) is 5.11 Å². The summed E-state index contributed by atoms with van der Waals surface area (Å²) < 4.78 is 0. The van der Waals surface area contributed by atoms with Crippen molar-refractivity contribution in [3.63, 3.8) is 0 Å². The number of aromatic hydroxyl groups is 1. The maximum absolute atomic E-state index is 13.3. The van der Waals surface area contributed by atoms with Crippen LogP contribution in [0.4, 0.5) is 5.69 Å². The summed E-state index contributed by atoms with van der Waals surface area (Å²) in [7, 11) is 0. The van der Waals surface area contributed by atoms with Crippen molar-refractivity contribution in [2.75, 3.05) is 18.0 Å². The summed E-state index contributed by atoms with van der Waals surface area (Å²) in [5, 5.41) is 25.4. The number of nitriles is 1. The van der Waals surface area contributed by atoms with Crippen molar-refractivity contribution in [3.05, 3.63) is 42.5 Å². The number of H-pyrrole nitrogens is 1. The van der Waals surface area contributed by atoms with Crippen LogP contribution >= 0.6 is 0 Å². The number of hydrogen-bond acceptors (Lipinski definition) is 7. The quantitative estimate of drug-likeness (QED) is 0.583. The van der Waals surface area contributed by atoms with Crippen LogP contribution in [0.15, 0.2) is 36.8 Å². The van der Waals surface area contributed by atoms with Crippen molar-refractivity contribution in [2.45, 2.75) is 56.4 Å². The number of likely N-dealkylation sites (tertiary alicyclic amines) is 1. The molecule has 0 bridgehead atoms. The summed E-state index contributed by atoms with van der Waals surface area (Å²) in [5.41, 5.74) is 1.76. The zero-order valence-corrected chi connectivity index (χ0v) is 19.4. The predicted octanol–water partition coefficient (Wildman–Crippen LogP) is 2.81. The molecule has 1 unspecified atom stereocenters. The molecule has 1 atom stereocenters. The van der Waals surface area contributed by atoms with Crippen LogP contribution in [0.1, 0.15) is 50.6 Å². The smallest absolute Gasteiger partial charge is 0.243 e. The van der Waals surface area contributed by atoms with Gasteiger partial charge in [-0.3, -0.25) is 19.7 Å². The first-order valence-corrected chi connectivity index (χ1v) is 12.0. The van der Waals surface area contributed by atoms with Gasteiger partial charge in [-0.15, -0.1) is 0 Å². The van der Waals surface area contributed by atoms with Gasteiger partial charge in [0.25, 0.3) is 0 Å². The number of rotatable bonds is 2. The van der Waals surface area contributed by atoms with E-state index >= 15 is 0 Å². The van der Waals surface area contributed by atoms with Gasteiger partial charge < -0.3 is 14.9 Å². The van der Waals surface area contributed by atoms with Gasteiger partial charge in [-0.1, -0.05) is 19.3 Å². The Balaban J connectivity index is 0.000000211. The summed E-state index contributed by atoms with van der Waals surface area (Å²) >= 11 is 0. The van der Waals surface area contributed by atoms with Gasteiger partial charge in [0.15, 0.2) is 5.65 Å². The topological polar surface area (TPSA) is 139 Å². The van der Waals surface area contributed by atoms with Gasteiger partial charge in [-0.2, -0.15) is 10.4 Å². The molecule has 2 fully saturated rings. The largest absolute Gasteiger partial charge is 0.506 e. The molecule has 1 spiro atoms. The molecule has 10 heteroatoms. The fourth-order valence-corrected chi connectivity index (χ4v) is 5.47. The first-order valence-electron chi connectivity index (χ1n) is 12.0. The van der Waals surface area contributed by atoms with Gasteiger partial charge >= 0.3 is 0 Å². The fourth-order valence-electron chi connectivity index (χ4n) is 5.47. The Labute approximate surface area is 202 Å². The number of anilines is 1. The highest BCUT2D eigenvalue weighted by Crippen LogP contribution is 2.48. The number of aromatic amines is 1. The highest BCUT2D eigenvalue weighted by Gasteiger charge is 2.52. The second-order valence-electron chi connectivity index (χ2n) is 9.28. The van der Waals surface area contributed by atoms with Crippen molar-refractivity contribution in [1.82, 2.24) is 25.1 Å². The lowest BCUT2D eigenvalue weighted by Crippen LogP contribution is -2.47. The number of fused-ring (bicyclic) bond motifs is 3. The van der Waals surface area contributed by atoms with Gasteiger partial charge in [0.05, 0.1) is 35.3 Å². The van der Waals surface area contributed by atoms with Crippen LogP contribution in [-0.2, 0) is 15.0 Å². The standard InChI is InChI=1S/C19H22N4O2.C6H5N3O/c20-12-14-6-5-11-22(14)16(24)13-23-15-7-4-10-21-17(15)19(18(23)25)8-2-1-3-9-19;10-5-1-4-2-8-9-6(4)7-3-5/h4,7,10,14H,1-3,5-6,8-9,11,13H2;1-3,10H,(H,7,8,9). The zero-order valence-electron chi connectivity index (χ0n) is 19.4. The lowest BCUT2D eigenvalue weighted by Gasteiger charge is -2.32. The van der Waals surface area contributed by atoms with Crippen molar-refractivity contribution >= 4 is 28.5 Å². The Morgan fingerprint density at radius 3 is 2.86 bits per heavy atom. The summed E-state index contributed by atoms with van der Waals surface area (Å²) in [6.45, 7) is 0.613. The molecular formula is C25H27N7O3. The second kappa shape index (κ2) is 9.33. The molecule has 6 rings (SSSR count). The number of nitrogens with one attached hydrogen (secondary N) is 1. The third-order valence-corrected chi connectivity index (χ3v) is 7.18. The average Bonchev–Trinajstić information content (AvgIpc) is 3.60. The van der Waals surface area contributed by atoms with Crippen molar-refractivity contribution < 1.29 is 14.7 Å². The third kappa shape index (κ3) is 4.07. The fraction of sp³-hybridized carbons (Fsp3) is 0.440. The summed E-state index contributed by atoms with van der Waals surface area (Å²) in [6, 6.07) is 7.15. The van der Waals surface area contributed by atoms with Crippen LogP contribution in [-0.4, -0.2) is 61.1 Å². The summed E-state index contributed by atoms with van der Waals surface area (Å²) in [6.07, 6.45) is 11.1. The van der Waals surface area contributed by atoms with Crippen LogP contribution in [0.5, 0.6) is 5.75 Å². The van der Waals surface area contributed by atoms with Crippen molar-refractivity contribution in [1.29, 1.82) is 5.26 Å². The van der Waals surface area contributed by atoms with E-state index in [0.29, 0.717) is 12.2 Å². The lowest BCUT2D eigenvalue weighted by atomic mass is 9.72. The molecule has 3 aromatic heterocycles. The van der Waals surface area contributed by atoms with E-state index in [9.17, 15) is 14.9 Å². The van der Waals surface area contributed by atoms with E-state index in [1.165, 1.54) is 6.20 Å². The first kappa shape index (κ1) is 22.8. The second-order valence-corrected chi connectivity index (χ2v) is 9.28. The van der Waals surface area contributed by atoms with Crippen molar-refractivity contribution in [2.24, 2.45) is 0 Å². The predicted molar refractivity (Wildman–Crippen MR) is 127 cm³/mol. The van der Waals surface area contributed by atoms with E-state index in [1.807, 2.05) is 12.1 Å². The maximum Gasteiger partial charge on any atom is 0.243 e. The third-order valence-electron chi connectivity index (χ3n) is 7.18. The molecule has 10 nitrogen and oxygen atoms in total. The number of carbonyl (C=O) groups excluding carboxylic acids is 2. The summed E-state index contributed by atoms with van der Waals surface area (Å²) in [5.74, 6) is 0.0379. The van der Waals surface area contributed by atoms with Crippen LogP contribution in [0.2, 0.25) is 0 Å². The SMILES string of the molecule is N#CC1CCCN1C(=O)CN1C(=O)C2(CCCCC2)c2ncccc21.Oc1cnc2[nH]ncc2c1. The van der Waals surface area contributed by atoms with Crippen LogP contribution in [0, 0.1) is 11.3 Å². The number of pyridine rings is 2. The number of nitrogens with zero attached hydrogens (tertiary/aromatic N) is 6. The monoisotopic (exact) mass is 473 g/mol. The number of aromatic nitrogens is 4. The molecule has 35 heavy (non-hydrogen) atoms. The molecule has 2 amide bonds. The molecular weight excluding hydrogens is 446 g/mol. The molecule has 2 aliphatic heterocycles. The molecule has 3 aliphatic rings. The zero-order chi connectivity index (χ0) is 24.4. The highest BCUT2D eigenvalue weighted by atomic mass is 16.3. The lowest BCUT2D eigenvalue weighted by molar-refractivity contribution is -0.132. The summed E-state index contributed by atoms with van der Waals surface area (Å²) in [4.78, 5) is 37.7. The average molecular weight is 474 g/mol. The Hall–Kier alpha value is -4.00. The molecule has 2 N–H and O–H groups in total. The van der Waals surface area contributed by atoms with Gasteiger partial charge in [0, 0.05) is 18.1 Å². The molecule has 1 saturated carbocycles.